The van der Waals surface area contributed by atoms with E-state index < -0.39 is 5.82 Å². The van der Waals surface area contributed by atoms with E-state index >= 15 is 0 Å². The molecular formula is C19H21FN2O4. The van der Waals surface area contributed by atoms with Crippen LogP contribution in [0.2, 0.25) is 0 Å². The second-order valence-electron chi connectivity index (χ2n) is 6.27. The number of rotatable bonds is 6. The van der Waals surface area contributed by atoms with Crippen LogP contribution in [0.1, 0.15) is 23.2 Å². The van der Waals surface area contributed by atoms with Gasteiger partial charge in [-0.15, -0.1) is 0 Å². The van der Waals surface area contributed by atoms with E-state index in [9.17, 15) is 14.0 Å². The number of amides is 2. The number of benzene rings is 1. The van der Waals surface area contributed by atoms with Gasteiger partial charge in [-0.1, -0.05) is 12.1 Å². The van der Waals surface area contributed by atoms with Crippen molar-refractivity contribution in [1.82, 2.24) is 10.2 Å². The number of hydrogen-bond donors (Lipinski definition) is 1. The number of furan rings is 1. The van der Waals surface area contributed by atoms with Gasteiger partial charge in [0.05, 0.1) is 11.8 Å². The third-order valence-electron chi connectivity index (χ3n) is 4.45. The molecule has 26 heavy (non-hydrogen) atoms. The maximum absolute atomic E-state index is 13.4. The number of likely N-dealkylation sites (tertiary alicyclic amines) is 1. The number of halogens is 1. The monoisotopic (exact) mass is 360 g/mol. The molecule has 1 aliphatic rings. The third-order valence-corrected chi connectivity index (χ3v) is 4.45. The Balaban J connectivity index is 1.36. The fraction of sp³-hybridized carbons (Fsp3) is 0.368. The van der Waals surface area contributed by atoms with Gasteiger partial charge in [0.25, 0.3) is 11.8 Å². The molecular weight excluding hydrogens is 339 g/mol. The number of nitrogens with zero attached hydrogens (tertiary/aromatic N) is 1. The SMILES string of the molecule is O=C(COc1ccccc1F)NCC1CCN(C(=O)c2ccoc2)CC1. The van der Waals surface area contributed by atoms with E-state index in [1.807, 2.05) is 0 Å². The van der Waals surface area contributed by atoms with Gasteiger partial charge in [0.2, 0.25) is 0 Å². The quantitative estimate of drug-likeness (QED) is 0.859. The van der Waals surface area contributed by atoms with Crippen molar-refractivity contribution < 1.29 is 23.1 Å². The van der Waals surface area contributed by atoms with Crippen molar-refractivity contribution in [1.29, 1.82) is 0 Å². The smallest absolute Gasteiger partial charge is 0.257 e. The minimum Gasteiger partial charge on any atom is -0.481 e. The lowest BCUT2D eigenvalue weighted by Crippen LogP contribution is -2.42. The molecule has 0 aliphatic carbocycles. The zero-order valence-electron chi connectivity index (χ0n) is 14.3. The summed E-state index contributed by atoms with van der Waals surface area (Å²) < 4.78 is 23.5. The fourth-order valence-electron chi connectivity index (χ4n) is 2.92. The number of hydrogen-bond acceptors (Lipinski definition) is 4. The van der Waals surface area contributed by atoms with E-state index in [0.29, 0.717) is 31.1 Å². The van der Waals surface area contributed by atoms with E-state index in [2.05, 4.69) is 5.32 Å². The van der Waals surface area contributed by atoms with Crippen molar-refractivity contribution in [2.75, 3.05) is 26.2 Å². The predicted octanol–water partition coefficient (Wildman–Crippen LogP) is 2.47. The molecule has 2 amide bonds. The zero-order valence-corrected chi connectivity index (χ0v) is 14.3. The van der Waals surface area contributed by atoms with Crippen LogP contribution in [0.3, 0.4) is 0 Å². The highest BCUT2D eigenvalue weighted by atomic mass is 19.1. The highest BCUT2D eigenvalue weighted by molar-refractivity contribution is 5.93. The molecule has 0 radical (unpaired) electrons. The molecule has 2 aromatic rings. The summed E-state index contributed by atoms with van der Waals surface area (Å²) >= 11 is 0. The van der Waals surface area contributed by atoms with Gasteiger partial charge in [0.1, 0.15) is 6.26 Å². The Bertz CT molecular complexity index is 740. The van der Waals surface area contributed by atoms with E-state index in [0.717, 1.165) is 12.8 Å². The van der Waals surface area contributed by atoms with Crippen LogP contribution < -0.4 is 10.1 Å². The first kappa shape index (κ1) is 18.0. The maximum Gasteiger partial charge on any atom is 0.257 e. The van der Waals surface area contributed by atoms with Gasteiger partial charge in [-0.25, -0.2) is 4.39 Å². The van der Waals surface area contributed by atoms with Crippen molar-refractivity contribution in [3.05, 3.63) is 54.2 Å². The highest BCUT2D eigenvalue weighted by Gasteiger charge is 2.24. The summed E-state index contributed by atoms with van der Waals surface area (Å²) in [5.41, 5.74) is 0.557. The molecule has 1 aromatic heterocycles. The molecule has 0 bridgehead atoms. The van der Waals surface area contributed by atoms with Crippen LogP contribution in [0.25, 0.3) is 0 Å². The third kappa shape index (κ3) is 4.62. The van der Waals surface area contributed by atoms with Crippen molar-refractivity contribution in [3.63, 3.8) is 0 Å². The number of piperidine rings is 1. The number of carbonyl (C=O) groups is 2. The van der Waals surface area contributed by atoms with Gasteiger partial charge in [-0.3, -0.25) is 9.59 Å². The lowest BCUT2D eigenvalue weighted by Gasteiger charge is -2.31. The second-order valence-corrected chi connectivity index (χ2v) is 6.27. The van der Waals surface area contributed by atoms with Gasteiger partial charge in [0, 0.05) is 19.6 Å². The lowest BCUT2D eigenvalue weighted by molar-refractivity contribution is -0.123. The largest absolute Gasteiger partial charge is 0.481 e. The highest BCUT2D eigenvalue weighted by Crippen LogP contribution is 2.19. The molecule has 3 rings (SSSR count). The molecule has 2 heterocycles. The van der Waals surface area contributed by atoms with E-state index in [4.69, 9.17) is 9.15 Å². The van der Waals surface area contributed by atoms with Crippen LogP contribution in [-0.4, -0.2) is 43.0 Å². The second kappa shape index (κ2) is 8.51. The maximum atomic E-state index is 13.4. The molecule has 0 spiro atoms. The lowest BCUT2D eigenvalue weighted by atomic mass is 9.96. The summed E-state index contributed by atoms with van der Waals surface area (Å²) in [5.74, 6) is -0.436. The predicted molar refractivity (Wildman–Crippen MR) is 92.2 cm³/mol. The Morgan fingerprint density at radius 3 is 2.69 bits per heavy atom. The van der Waals surface area contributed by atoms with Crippen molar-refractivity contribution >= 4 is 11.8 Å². The Labute approximate surface area is 150 Å². The molecule has 138 valence electrons. The first-order valence-corrected chi connectivity index (χ1v) is 8.59. The number of para-hydroxylation sites is 1. The fourth-order valence-corrected chi connectivity index (χ4v) is 2.92. The van der Waals surface area contributed by atoms with E-state index in [1.165, 1.54) is 24.7 Å². The van der Waals surface area contributed by atoms with Crippen molar-refractivity contribution in [2.24, 2.45) is 5.92 Å². The van der Waals surface area contributed by atoms with Crippen LogP contribution in [0.4, 0.5) is 4.39 Å². The van der Waals surface area contributed by atoms with Gasteiger partial charge in [0.15, 0.2) is 18.2 Å². The van der Waals surface area contributed by atoms with Crippen LogP contribution >= 0.6 is 0 Å². The molecule has 1 aromatic carbocycles. The van der Waals surface area contributed by atoms with Crippen LogP contribution in [0, 0.1) is 11.7 Å². The first-order valence-electron chi connectivity index (χ1n) is 8.59. The van der Waals surface area contributed by atoms with Crippen molar-refractivity contribution in [2.45, 2.75) is 12.8 Å². The minimum absolute atomic E-state index is 0.0282. The minimum atomic E-state index is -0.491. The van der Waals surface area contributed by atoms with E-state index in [1.54, 1.807) is 23.1 Å². The number of ether oxygens (including phenoxy) is 1. The summed E-state index contributed by atoms with van der Waals surface area (Å²) in [6.45, 7) is 1.60. The topological polar surface area (TPSA) is 71.8 Å². The molecule has 0 saturated carbocycles. The van der Waals surface area contributed by atoms with Gasteiger partial charge in [-0.2, -0.15) is 0 Å². The number of carbonyl (C=O) groups excluding carboxylic acids is 2. The standard InChI is InChI=1S/C19H21FN2O4/c20-16-3-1-2-4-17(16)26-13-18(23)21-11-14-5-8-22(9-6-14)19(24)15-7-10-25-12-15/h1-4,7,10,12,14H,5-6,8-9,11,13H2,(H,21,23). The number of nitrogens with one attached hydrogen (secondary N) is 1. The first-order chi connectivity index (χ1) is 12.6. The summed E-state index contributed by atoms with van der Waals surface area (Å²) in [7, 11) is 0. The Morgan fingerprint density at radius 2 is 2.00 bits per heavy atom. The van der Waals surface area contributed by atoms with Crippen LogP contribution in [-0.2, 0) is 4.79 Å². The normalized spacial score (nSPS) is 14.9. The van der Waals surface area contributed by atoms with Crippen molar-refractivity contribution in [3.8, 4) is 5.75 Å². The average Bonchev–Trinajstić information content (AvgIpc) is 3.20. The molecule has 0 atom stereocenters. The molecule has 6 nitrogen and oxygen atoms in total. The Hall–Kier alpha value is -2.83. The zero-order chi connectivity index (χ0) is 18.4. The molecule has 1 fully saturated rings. The Kier molecular flexibility index (Phi) is 5.88. The Morgan fingerprint density at radius 1 is 1.23 bits per heavy atom. The molecule has 1 N–H and O–H groups in total. The van der Waals surface area contributed by atoms with E-state index in [-0.39, 0.29) is 24.2 Å². The summed E-state index contributed by atoms with van der Waals surface area (Å²) in [4.78, 5) is 25.9. The van der Waals surface area contributed by atoms with Gasteiger partial charge >= 0.3 is 0 Å². The van der Waals surface area contributed by atoms with Gasteiger partial charge in [-0.05, 0) is 37.0 Å². The average molecular weight is 360 g/mol. The van der Waals surface area contributed by atoms with Crippen LogP contribution in [0.15, 0.2) is 47.3 Å². The molecule has 1 aliphatic heterocycles. The summed E-state index contributed by atoms with van der Waals surface area (Å²) in [6, 6.07) is 7.63. The van der Waals surface area contributed by atoms with Crippen LogP contribution in [0.5, 0.6) is 5.75 Å². The summed E-state index contributed by atoms with van der Waals surface area (Å²) in [6.07, 6.45) is 4.57. The molecule has 7 heteroatoms. The summed E-state index contributed by atoms with van der Waals surface area (Å²) in [5, 5.41) is 2.81. The molecule has 1 saturated heterocycles. The van der Waals surface area contributed by atoms with Gasteiger partial charge < -0.3 is 19.4 Å². The molecule has 0 unspecified atom stereocenters.